The Morgan fingerprint density at radius 3 is 2.68 bits per heavy atom. The van der Waals surface area contributed by atoms with Crippen molar-refractivity contribution in [2.24, 2.45) is 0 Å². The van der Waals surface area contributed by atoms with Gasteiger partial charge in [0, 0.05) is 11.4 Å². The maximum Gasteiger partial charge on any atom is 0.325 e. The molecular formula is C13H18N2O3S. The summed E-state index contributed by atoms with van der Waals surface area (Å²) in [4.78, 5) is 23.0. The van der Waals surface area contributed by atoms with Crippen molar-refractivity contribution >= 4 is 24.3 Å². The molecule has 0 aliphatic rings. The van der Waals surface area contributed by atoms with Crippen LogP contribution in [0.2, 0.25) is 0 Å². The molecule has 104 valence electrons. The average Bonchev–Trinajstić information content (AvgIpc) is 2.41. The molecule has 0 aliphatic heterocycles. The summed E-state index contributed by atoms with van der Waals surface area (Å²) in [6, 6.07) is 7.33. The molecule has 5 nitrogen and oxygen atoms in total. The van der Waals surface area contributed by atoms with Crippen molar-refractivity contribution in [3.05, 3.63) is 29.8 Å². The van der Waals surface area contributed by atoms with Gasteiger partial charge in [-0.1, -0.05) is 17.7 Å². The van der Waals surface area contributed by atoms with Crippen LogP contribution in [0.4, 0.5) is 0 Å². The molecule has 0 saturated heterocycles. The molecule has 1 amide bonds. The second-order valence-electron chi connectivity index (χ2n) is 3.86. The van der Waals surface area contributed by atoms with Crippen molar-refractivity contribution in [2.75, 3.05) is 13.2 Å². The van der Waals surface area contributed by atoms with E-state index in [-0.39, 0.29) is 12.5 Å². The normalized spacial score (nSPS) is 11.7. The number of amides is 1. The standard InChI is InChI=1S/C13H18N2O3S/c1-3-18-13(17)12(8-14-9-16)15-19-11-6-4-10(2)5-7-11/h4-7,9,12,15H,3,8H2,1-2H3,(H,14,16). The summed E-state index contributed by atoms with van der Waals surface area (Å²) in [6.07, 6.45) is 0.560. The number of esters is 1. The largest absolute Gasteiger partial charge is 0.465 e. The third-order valence-electron chi connectivity index (χ3n) is 2.32. The maximum absolute atomic E-state index is 11.7. The zero-order chi connectivity index (χ0) is 14.1. The lowest BCUT2D eigenvalue weighted by molar-refractivity contribution is -0.144. The van der Waals surface area contributed by atoms with E-state index in [0.717, 1.165) is 4.90 Å². The summed E-state index contributed by atoms with van der Waals surface area (Å²) in [5, 5.41) is 2.48. The van der Waals surface area contributed by atoms with Crippen LogP contribution >= 0.6 is 11.9 Å². The van der Waals surface area contributed by atoms with Crippen LogP contribution in [-0.2, 0) is 14.3 Å². The Balaban J connectivity index is 2.53. The van der Waals surface area contributed by atoms with E-state index in [9.17, 15) is 9.59 Å². The second-order valence-corrected chi connectivity index (χ2v) is 4.77. The average molecular weight is 282 g/mol. The SMILES string of the molecule is CCOC(=O)C(CNC=O)NSc1ccc(C)cc1. The van der Waals surface area contributed by atoms with E-state index < -0.39 is 6.04 Å². The predicted molar refractivity (Wildman–Crippen MR) is 74.7 cm³/mol. The molecule has 1 atom stereocenters. The molecule has 1 unspecified atom stereocenters. The third kappa shape index (κ3) is 5.76. The van der Waals surface area contributed by atoms with E-state index in [0.29, 0.717) is 13.0 Å². The zero-order valence-corrected chi connectivity index (χ0v) is 11.8. The molecule has 0 heterocycles. The number of carbonyl (C=O) groups excluding carboxylic acids is 2. The quantitative estimate of drug-likeness (QED) is 0.427. The number of aryl methyl sites for hydroxylation is 1. The van der Waals surface area contributed by atoms with Crippen LogP contribution < -0.4 is 10.0 Å². The smallest absolute Gasteiger partial charge is 0.325 e. The van der Waals surface area contributed by atoms with E-state index in [2.05, 4.69) is 10.0 Å². The third-order valence-corrected chi connectivity index (χ3v) is 3.23. The van der Waals surface area contributed by atoms with E-state index in [4.69, 9.17) is 4.74 Å². The minimum atomic E-state index is -0.573. The van der Waals surface area contributed by atoms with Crippen LogP contribution in [0.3, 0.4) is 0 Å². The second kappa shape index (κ2) is 8.55. The lowest BCUT2D eigenvalue weighted by Crippen LogP contribution is -2.42. The van der Waals surface area contributed by atoms with E-state index >= 15 is 0 Å². The minimum Gasteiger partial charge on any atom is -0.465 e. The molecule has 1 rings (SSSR count). The Morgan fingerprint density at radius 1 is 1.42 bits per heavy atom. The molecule has 0 bridgehead atoms. The maximum atomic E-state index is 11.7. The Kier molecular flexibility index (Phi) is 6.99. The topological polar surface area (TPSA) is 67.4 Å². The van der Waals surface area contributed by atoms with Crippen molar-refractivity contribution in [1.82, 2.24) is 10.0 Å². The summed E-state index contributed by atoms with van der Waals surface area (Å²) < 4.78 is 7.93. The van der Waals surface area contributed by atoms with Gasteiger partial charge in [0.2, 0.25) is 6.41 Å². The summed E-state index contributed by atoms with van der Waals surface area (Å²) in [6.45, 7) is 4.26. The molecule has 0 radical (unpaired) electrons. The monoisotopic (exact) mass is 282 g/mol. The fourth-order valence-corrected chi connectivity index (χ4v) is 2.06. The molecule has 1 aromatic rings. The Morgan fingerprint density at radius 2 is 2.11 bits per heavy atom. The highest BCUT2D eigenvalue weighted by molar-refractivity contribution is 7.97. The molecule has 0 spiro atoms. The van der Waals surface area contributed by atoms with E-state index in [1.165, 1.54) is 17.5 Å². The number of benzene rings is 1. The first-order chi connectivity index (χ1) is 9.17. The van der Waals surface area contributed by atoms with Gasteiger partial charge in [-0.05, 0) is 37.9 Å². The van der Waals surface area contributed by atoms with Crippen molar-refractivity contribution in [2.45, 2.75) is 24.8 Å². The van der Waals surface area contributed by atoms with Crippen LogP contribution in [0.15, 0.2) is 29.2 Å². The lowest BCUT2D eigenvalue weighted by Gasteiger charge is -2.16. The molecule has 0 aromatic heterocycles. The number of hydrogen-bond acceptors (Lipinski definition) is 5. The highest BCUT2D eigenvalue weighted by Gasteiger charge is 2.19. The van der Waals surface area contributed by atoms with Crippen LogP contribution in [-0.4, -0.2) is 31.6 Å². The number of nitrogens with one attached hydrogen (secondary N) is 2. The molecule has 0 fully saturated rings. The zero-order valence-electron chi connectivity index (χ0n) is 11.0. The van der Waals surface area contributed by atoms with E-state index in [1.807, 2.05) is 31.2 Å². The summed E-state index contributed by atoms with van der Waals surface area (Å²) in [5.74, 6) is -0.378. The van der Waals surface area contributed by atoms with Crippen molar-refractivity contribution in [3.8, 4) is 0 Å². The first-order valence-corrected chi connectivity index (χ1v) is 6.81. The summed E-state index contributed by atoms with van der Waals surface area (Å²) >= 11 is 1.34. The fraction of sp³-hybridized carbons (Fsp3) is 0.385. The number of ether oxygens (including phenoxy) is 1. The van der Waals surface area contributed by atoms with Gasteiger partial charge in [0.15, 0.2) is 0 Å². The lowest BCUT2D eigenvalue weighted by atomic mass is 10.2. The van der Waals surface area contributed by atoms with Gasteiger partial charge < -0.3 is 10.1 Å². The summed E-state index contributed by atoms with van der Waals surface area (Å²) in [7, 11) is 0. The summed E-state index contributed by atoms with van der Waals surface area (Å²) in [5.41, 5.74) is 1.17. The van der Waals surface area contributed by atoms with Gasteiger partial charge >= 0.3 is 5.97 Å². The Labute approximate surface area is 117 Å². The number of rotatable bonds is 8. The predicted octanol–water partition coefficient (Wildman–Crippen LogP) is 1.27. The first kappa shape index (κ1) is 15.5. The van der Waals surface area contributed by atoms with Crippen molar-refractivity contribution in [1.29, 1.82) is 0 Å². The minimum absolute atomic E-state index is 0.196. The van der Waals surface area contributed by atoms with Gasteiger partial charge in [0.25, 0.3) is 0 Å². The molecule has 19 heavy (non-hydrogen) atoms. The molecule has 2 N–H and O–H groups in total. The molecular weight excluding hydrogens is 264 g/mol. The number of hydrogen-bond donors (Lipinski definition) is 2. The van der Waals surface area contributed by atoms with Crippen molar-refractivity contribution in [3.63, 3.8) is 0 Å². The highest BCUT2D eigenvalue weighted by atomic mass is 32.2. The van der Waals surface area contributed by atoms with Gasteiger partial charge in [-0.15, -0.1) is 0 Å². The molecule has 0 aliphatic carbocycles. The number of carbonyl (C=O) groups is 2. The highest BCUT2D eigenvalue weighted by Crippen LogP contribution is 2.15. The Hall–Kier alpha value is -1.53. The molecule has 0 saturated carbocycles. The Bertz CT molecular complexity index is 409. The van der Waals surface area contributed by atoms with Gasteiger partial charge in [0.05, 0.1) is 6.61 Å². The molecule has 6 heteroatoms. The fourth-order valence-electron chi connectivity index (χ4n) is 1.33. The first-order valence-electron chi connectivity index (χ1n) is 6.00. The van der Waals surface area contributed by atoms with E-state index in [1.54, 1.807) is 6.92 Å². The van der Waals surface area contributed by atoms with Gasteiger partial charge in [-0.2, -0.15) is 0 Å². The van der Waals surface area contributed by atoms with Crippen LogP contribution in [0.25, 0.3) is 0 Å². The van der Waals surface area contributed by atoms with Crippen LogP contribution in [0.5, 0.6) is 0 Å². The van der Waals surface area contributed by atoms with Gasteiger partial charge in [0.1, 0.15) is 6.04 Å². The van der Waals surface area contributed by atoms with Crippen LogP contribution in [0.1, 0.15) is 12.5 Å². The van der Waals surface area contributed by atoms with Gasteiger partial charge in [-0.25, -0.2) is 4.72 Å². The molecule has 1 aromatic carbocycles. The van der Waals surface area contributed by atoms with Crippen LogP contribution in [0, 0.1) is 6.92 Å². The van der Waals surface area contributed by atoms with Gasteiger partial charge in [-0.3, -0.25) is 9.59 Å². The van der Waals surface area contributed by atoms with Crippen molar-refractivity contribution < 1.29 is 14.3 Å².